The molecule has 0 bridgehead atoms. The van der Waals surface area contributed by atoms with Crippen LogP contribution in [0, 0.1) is 0 Å². The molecule has 5 rings (SSSR count). The van der Waals surface area contributed by atoms with Crippen molar-refractivity contribution in [1.82, 2.24) is 9.91 Å². The topological polar surface area (TPSA) is 68.5 Å². The van der Waals surface area contributed by atoms with E-state index in [0.717, 1.165) is 55.9 Å². The highest BCUT2D eigenvalue weighted by atomic mass is 16.5. The molecule has 1 atom stereocenters. The van der Waals surface area contributed by atoms with Gasteiger partial charge in [-0.25, -0.2) is 5.01 Å². The zero-order valence-electron chi connectivity index (χ0n) is 16.7. The number of phenols is 2. The Balaban J connectivity index is 1.54. The summed E-state index contributed by atoms with van der Waals surface area (Å²) in [5.74, 6) is 1.21. The number of piperidine rings is 1. The van der Waals surface area contributed by atoms with Gasteiger partial charge in [-0.2, -0.15) is 5.10 Å². The standard InChI is InChI=1S/C23H27N3O3/c1-2-11-25-12-9-23(10-13-25)26-20(17-5-3-4-6-22(17)29-23)15-19(24-26)18-14-16(27)7-8-21(18)28/h3-8,14,20,27-28H,2,9-13,15H2,1H3. The number of likely N-dealkylation sites (tertiary alicyclic amines) is 1. The summed E-state index contributed by atoms with van der Waals surface area (Å²) in [4.78, 5) is 2.49. The highest BCUT2D eigenvalue weighted by molar-refractivity contribution is 6.04. The molecule has 2 aromatic rings. The fourth-order valence-electron chi connectivity index (χ4n) is 4.92. The van der Waals surface area contributed by atoms with Crippen LogP contribution in [-0.2, 0) is 0 Å². The van der Waals surface area contributed by atoms with Crippen LogP contribution in [0.2, 0.25) is 0 Å². The van der Waals surface area contributed by atoms with E-state index in [1.165, 1.54) is 12.1 Å². The van der Waals surface area contributed by atoms with Gasteiger partial charge in [-0.05, 0) is 37.2 Å². The maximum absolute atomic E-state index is 10.4. The van der Waals surface area contributed by atoms with Gasteiger partial charge in [0.15, 0.2) is 0 Å². The molecule has 1 saturated heterocycles. The van der Waals surface area contributed by atoms with E-state index < -0.39 is 5.72 Å². The van der Waals surface area contributed by atoms with Crippen molar-refractivity contribution in [3.63, 3.8) is 0 Å². The average Bonchev–Trinajstić information content (AvgIpc) is 3.18. The van der Waals surface area contributed by atoms with Gasteiger partial charge in [-0.3, -0.25) is 0 Å². The molecule has 2 N–H and O–H groups in total. The first-order valence-electron chi connectivity index (χ1n) is 10.5. The van der Waals surface area contributed by atoms with E-state index >= 15 is 0 Å². The summed E-state index contributed by atoms with van der Waals surface area (Å²) in [5.41, 5.74) is 2.05. The summed E-state index contributed by atoms with van der Waals surface area (Å²) in [6.07, 6.45) is 3.61. The molecule has 1 fully saturated rings. The first kappa shape index (κ1) is 18.3. The first-order chi connectivity index (χ1) is 14.1. The maximum atomic E-state index is 10.4. The molecule has 6 nitrogen and oxygen atoms in total. The lowest BCUT2D eigenvalue weighted by molar-refractivity contribution is -0.149. The van der Waals surface area contributed by atoms with Crippen LogP contribution in [-0.4, -0.2) is 51.2 Å². The molecule has 0 aromatic heterocycles. The number of ether oxygens (including phenoxy) is 1. The fraction of sp³-hybridized carbons (Fsp3) is 0.435. The van der Waals surface area contributed by atoms with Gasteiger partial charge in [0.1, 0.15) is 17.2 Å². The summed E-state index contributed by atoms with van der Waals surface area (Å²) in [6, 6.07) is 12.9. The van der Waals surface area contributed by atoms with Crippen LogP contribution in [0.1, 0.15) is 49.8 Å². The van der Waals surface area contributed by atoms with E-state index in [9.17, 15) is 10.2 Å². The second-order valence-electron chi connectivity index (χ2n) is 8.24. The van der Waals surface area contributed by atoms with Crippen molar-refractivity contribution in [1.29, 1.82) is 0 Å². The molecule has 29 heavy (non-hydrogen) atoms. The number of nitrogens with zero attached hydrogens (tertiary/aromatic N) is 3. The monoisotopic (exact) mass is 393 g/mol. The van der Waals surface area contributed by atoms with E-state index in [-0.39, 0.29) is 17.5 Å². The second kappa shape index (κ2) is 6.95. The third kappa shape index (κ3) is 3.02. The molecular weight excluding hydrogens is 366 g/mol. The largest absolute Gasteiger partial charge is 0.508 e. The Kier molecular flexibility index (Phi) is 4.39. The Morgan fingerprint density at radius 2 is 1.93 bits per heavy atom. The van der Waals surface area contributed by atoms with Crippen molar-refractivity contribution in [3.8, 4) is 17.2 Å². The Morgan fingerprint density at radius 3 is 2.72 bits per heavy atom. The lowest BCUT2D eigenvalue weighted by atomic mass is 9.90. The minimum atomic E-state index is -0.461. The number of para-hydroxylation sites is 1. The van der Waals surface area contributed by atoms with Crippen molar-refractivity contribution < 1.29 is 14.9 Å². The number of rotatable bonds is 3. The van der Waals surface area contributed by atoms with Crippen molar-refractivity contribution in [2.45, 2.75) is 44.4 Å². The lowest BCUT2D eigenvalue weighted by Gasteiger charge is -2.51. The van der Waals surface area contributed by atoms with Gasteiger partial charge >= 0.3 is 0 Å². The molecule has 1 unspecified atom stereocenters. The van der Waals surface area contributed by atoms with Gasteiger partial charge in [0, 0.05) is 43.5 Å². The zero-order chi connectivity index (χ0) is 20.0. The molecule has 0 aliphatic carbocycles. The Hall–Kier alpha value is -2.73. The fourth-order valence-corrected chi connectivity index (χ4v) is 4.92. The summed E-state index contributed by atoms with van der Waals surface area (Å²) in [5, 5.41) is 27.4. The van der Waals surface area contributed by atoms with Crippen LogP contribution in [0.3, 0.4) is 0 Å². The molecule has 152 valence electrons. The van der Waals surface area contributed by atoms with Crippen LogP contribution in [0.5, 0.6) is 17.2 Å². The molecular formula is C23H27N3O3. The maximum Gasteiger partial charge on any atom is 0.200 e. The van der Waals surface area contributed by atoms with Crippen LogP contribution >= 0.6 is 0 Å². The zero-order valence-corrected chi connectivity index (χ0v) is 16.7. The predicted octanol–water partition coefficient (Wildman–Crippen LogP) is 3.84. The highest BCUT2D eigenvalue weighted by Crippen LogP contribution is 2.50. The Morgan fingerprint density at radius 1 is 1.14 bits per heavy atom. The van der Waals surface area contributed by atoms with E-state index in [1.807, 2.05) is 12.1 Å². The molecule has 3 heterocycles. The molecule has 0 radical (unpaired) electrons. The quantitative estimate of drug-likeness (QED) is 0.776. The van der Waals surface area contributed by atoms with Crippen molar-refractivity contribution in [2.75, 3.05) is 19.6 Å². The summed E-state index contributed by atoms with van der Waals surface area (Å²) in [7, 11) is 0. The number of aromatic hydroxyl groups is 2. The third-order valence-corrected chi connectivity index (χ3v) is 6.37. The smallest absolute Gasteiger partial charge is 0.200 e. The summed E-state index contributed by atoms with van der Waals surface area (Å²) >= 11 is 0. The van der Waals surface area contributed by atoms with E-state index in [2.05, 4.69) is 29.0 Å². The van der Waals surface area contributed by atoms with Gasteiger partial charge in [-0.15, -0.1) is 0 Å². The molecule has 3 aliphatic rings. The van der Waals surface area contributed by atoms with Crippen LogP contribution < -0.4 is 4.74 Å². The SMILES string of the molecule is CCCN1CCC2(CC1)Oc1ccccc1C1CC(c3cc(O)ccc3O)=NN12. The minimum absolute atomic E-state index is 0.0782. The number of fused-ring (bicyclic) bond motifs is 4. The number of hydrogen-bond acceptors (Lipinski definition) is 6. The highest BCUT2D eigenvalue weighted by Gasteiger charge is 2.51. The summed E-state index contributed by atoms with van der Waals surface area (Å²) in [6.45, 7) is 5.30. The van der Waals surface area contributed by atoms with Gasteiger partial charge in [0.25, 0.3) is 0 Å². The second-order valence-corrected chi connectivity index (χ2v) is 8.24. The average molecular weight is 393 g/mol. The van der Waals surface area contributed by atoms with Gasteiger partial charge in [0.05, 0.1) is 11.8 Å². The Labute approximate surface area is 171 Å². The number of benzene rings is 2. The number of phenolic OH excluding ortho intramolecular Hbond substituents is 2. The molecule has 3 aliphatic heterocycles. The normalized spacial score (nSPS) is 22.7. The van der Waals surface area contributed by atoms with Crippen LogP contribution in [0.25, 0.3) is 0 Å². The molecule has 1 spiro atoms. The first-order valence-corrected chi connectivity index (χ1v) is 10.5. The van der Waals surface area contributed by atoms with Crippen LogP contribution in [0.15, 0.2) is 47.6 Å². The van der Waals surface area contributed by atoms with Gasteiger partial charge in [-0.1, -0.05) is 25.1 Å². The van der Waals surface area contributed by atoms with Crippen molar-refractivity contribution >= 4 is 5.71 Å². The molecule has 2 aromatic carbocycles. The summed E-state index contributed by atoms with van der Waals surface area (Å²) < 4.78 is 6.62. The Bertz CT molecular complexity index is 950. The van der Waals surface area contributed by atoms with Gasteiger partial charge < -0.3 is 19.8 Å². The third-order valence-electron chi connectivity index (χ3n) is 6.37. The van der Waals surface area contributed by atoms with E-state index in [4.69, 9.17) is 9.84 Å². The van der Waals surface area contributed by atoms with Crippen LogP contribution in [0.4, 0.5) is 0 Å². The van der Waals surface area contributed by atoms with Crippen molar-refractivity contribution in [2.24, 2.45) is 5.10 Å². The number of hydrogen-bond donors (Lipinski definition) is 2. The molecule has 0 saturated carbocycles. The predicted molar refractivity (Wildman–Crippen MR) is 111 cm³/mol. The van der Waals surface area contributed by atoms with E-state index in [0.29, 0.717) is 12.0 Å². The van der Waals surface area contributed by atoms with Crippen molar-refractivity contribution in [3.05, 3.63) is 53.6 Å². The van der Waals surface area contributed by atoms with E-state index in [1.54, 1.807) is 6.07 Å². The molecule has 0 amide bonds. The number of hydrazone groups is 1. The lowest BCUT2D eigenvalue weighted by Crippen LogP contribution is -2.59. The molecule has 6 heteroatoms. The minimum Gasteiger partial charge on any atom is -0.508 e. The van der Waals surface area contributed by atoms with Gasteiger partial charge in [0.2, 0.25) is 5.72 Å².